The summed E-state index contributed by atoms with van der Waals surface area (Å²) in [5.74, 6) is 1.95. The lowest BCUT2D eigenvalue weighted by Gasteiger charge is -2.06. The van der Waals surface area contributed by atoms with Crippen molar-refractivity contribution < 1.29 is 0 Å². The fourth-order valence-electron chi connectivity index (χ4n) is 1.46. The lowest BCUT2D eigenvalue weighted by molar-refractivity contribution is 0.516. The molecule has 2 saturated carbocycles. The van der Waals surface area contributed by atoms with Gasteiger partial charge in [-0.25, -0.2) is 0 Å². The normalized spacial score (nSPS) is 30.3. The molecule has 0 bridgehead atoms. The number of hydrogen-bond acceptors (Lipinski definition) is 1. The summed E-state index contributed by atoms with van der Waals surface area (Å²) in [6.45, 7) is 0. The zero-order chi connectivity index (χ0) is 6.27. The minimum Gasteiger partial charge on any atom is -0.327 e. The zero-order valence-corrected chi connectivity index (χ0v) is 5.84. The van der Waals surface area contributed by atoms with Crippen molar-refractivity contribution in [3.63, 3.8) is 0 Å². The van der Waals surface area contributed by atoms with Crippen LogP contribution in [0, 0.1) is 11.8 Å². The minimum absolute atomic E-state index is 0.567. The second-order valence-corrected chi connectivity index (χ2v) is 3.68. The maximum Gasteiger partial charge on any atom is 0.00698 e. The molecule has 1 nitrogen and oxygen atoms in total. The number of hydrogen-bond donors (Lipinski definition) is 1. The van der Waals surface area contributed by atoms with Crippen molar-refractivity contribution in [2.24, 2.45) is 17.6 Å². The molecule has 0 heterocycles. The van der Waals surface area contributed by atoms with Crippen molar-refractivity contribution in [3.8, 4) is 0 Å². The van der Waals surface area contributed by atoms with Crippen LogP contribution >= 0.6 is 0 Å². The van der Waals surface area contributed by atoms with E-state index in [0.717, 1.165) is 11.8 Å². The molecule has 1 heteroatoms. The third-order valence-electron chi connectivity index (χ3n) is 2.53. The summed E-state index contributed by atoms with van der Waals surface area (Å²) in [5, 5.41) is 0. The second kappa shape index (κ2) is 1.98. The van der Waals surface area contributed by atoms with E-state index in [0.29, 0.717) is 6.04 Å². The quantitative estimate of drug-likeness (QED) is 0.608. The van der Waals surface area contributed by atoms with Crippen LogP contribution in [0.1, 0.15) is 32.1 Å². The summed E-state index contributed by atoms with van der Waals surface area (Å²) in [4.78, 5) is 0. The van der Waals surface area contributed by atoms with E-state index in [1.807, 2.05) is 0 Å². The van der Waals surface area contributed by atoms with Crippen LogP contribution < -0.4 is 5.73 Å². The Morgan fingerprint density at radius 1 is 1.22 bits per heavy atom. The molecule has 1 atom stereocenters. The van der Waals surface area contributed by atoms with Crippen molar-refractivity contribution in [1.82, 2.24) is 0 Å². The third-order valence-corrected chi connectivity index (χ3v) is 2.53. The van der Waals surface area contributed by atoms with Gasteiger partial charge in [0.25, 0.3) is 0 Å². The van der Waals surface area contributed by atoms with Crippen LogP contribution in [0.25, 0.3) is 0 Å². The molecule has 0 aromatic carbocycles. The smallest absolute Gasteiger partial charge is 0.00698 e. The molecule has 2 rings (SSSR count). The predicted octanol–water partition coefficient (Wildman–Crippen LogP) is 1.52. The van der Waals surface area contributed by atoms with Gasteiger partial charge < -0.3 is 5.73 Å². The van der Waals surface area contributed by atoms with E-state index >= 15 is 0 Å². The molecule has 0 aliphatic heterocycles. The topological polar surface area (TPSA) is 26.0 Å². The van der Waals surface area contributed by atoms with Gasteiger partial charge in [-0.1, -0.05) is 12.8 Å². The molecule has 0 aromatic heterocycles. The second-order valence-electron chi connectivity index (χ2n) is 3.68. The van der Waals surface area contributed by atoms with Gasteiger partial charge in [-0.3, -0.25) is 0 Å². The highest BCUT2D eigenvalue weighted by atomic mass is 14.7. The number of rotatable bonds is 3. The van der Waals surface area contributed by atoms with Gasteiger partial charge in [0.05, 0.1) is 0 Å². The fraction of sp³-hybridized carbons (Fsp3) is 1.00. The van der Waals surface area contributed by atoms with Crippen LogP contribution in [0.3, 0.4) is 0 Å². The van der Waals surface area contributed by atoms with Crippen LogP contribution in [0.2, 0.25) is 0 Å². The van der Waals surface area contributed by atoms with Gasteiger partial charge in [0.15, 0.2) is 0 Å². The van der Waals surface area contributed by atoms with E-state index < -0.39 is 0 Å². The molecular formula is C8H15N. The minimum atomic E-state index is 0.567. The Labute approximate surface area is 56.6 Å². The molecule has 2 N–H and O–H groups in total. The van der Waals surface area contributed by atoms with Crippen molar-refractivity contribution in [1.29, 1.82) is 0 Å². The van der Waals surface area contributed by atoms with Crippen molar-refractivity contribution in [3.05, 3.63) is 0 Å². The highest BCUT2D eigenvalue weighted by molar-refractivity contribution is 4.88. The van der Waals surface area contributed by atoms with Crippen molar-refractivity contribution >= 4 is 0 Å². The van der Waals surface area contributed by atoms with Crippen LogP contribution in [0.5, 0.6) is 0 Å². The molecule has 2 aliphatic rings. The monoisotopic (exact) mass is 125 g/mol. The molecule has 0 radical (unpaired) electrons. The van der Waals surface area contributed by atoms with Crippen molar-refractivity contribution in [2.75, 3.05) is 0 Å². The standard InChI is InChI=1S/C8H15N/c9-8(7-3-4-7)5-6-1-2-6/h6-8H,1-5,9H2/t8-/m1/s1. The first kappa shape index (κ1) is 5.72. The van der Waals surface area contributed by atoms with Crippen LogP contribution in [0.4, 0.5) is 0 Å². The van der Waals surface area contributed by atoms with E-state index in [9.17, 15) is 0 Å². The first-order valence-corrected chi connectivity index (χ1v) is 4.12. The average Bonchev–Trinajstić information content (AvgIpc) is 2.62. The molecule has 0 spiro atoms. The Balaban J connectivity index is 1.69. The van der Waals surface area contributed by atoms with E-state index in [1.165, 1.54) is 32.1 Å². The average molecular weight is 125 g/mol. The van der Waals surface area contributed by atoms with Crippen LogP contribution in [-0.2, 0) is 0 Å². The highest BCUT2D eigenvalue weighted by Crippen LogP contribution is 2.40. The van der Waals surface area contributed by atoms with Gasteiger partial charge >= 0.3 is 0 Å². The summed E-state index contributed by atoms with van der Waals surface area (Å²) in [7, 11) is 0. The highest BCUT2D eigenvalue weighted by Gasteiger charge is 2.32. The van der Waals surface area contributed by atoms with E-state index in [2.05, 4.69) is 0 Å². The molecular weight excluding hydrogens is 110 g/mol. The molecule has 52 valence electrons. The maximum absolute atomic E-state index is 5.92. The Morgan fingerprint density at radius 2 is 1.89 bits per heavy atom. The van der Waals surface area contributed by atoms with Crippen LogP contribution in [0.15, 0.2) is 0 Å². The molecule has 0 saturated heterocycles. The Morgan fingerprint density at radius 3 is 2.33 bits per heavy atom. The lowest BCUT2D eigenvalue weighted by atomic mass is 10.1. The molecule has 0 unspecified atom stereocenters. The third kappa shape index (κ3) is 1.45. The molecule has 0 amide bonds. The summed E-state index contributed by atoms with van der Waals surface area (Å²) >= 11 is 0. The van der Waals surface area contributed by atoms with E-state index in [-0.39, 0.29) is 0 Å². The Kier molecular flexibility index (Phi) is 1.26. The molecule has 2 fully saturated rings. The summed E-state index contributed by atoms with van der Waals surface area (Å²) in [6, 6.07) is 0.567. The van der Waals surface area contributed by atoms with E-state index in [1.54, 1.807) is 0 Å². The molecule has 9 heavy (non-hydrogen) atoms. The van der Waals surface area contributed by atoms with Gasteiger partial charge in [-0.05, 0) is 31.1 Å². The molecule has 0 aromatic rings. The zero-order valence-electron chi connectivity index (χ0n) is 5.84. The molecule has 2 aliphatic carbocycles. The van der Waals surface area contributed by atoms with Crippen LogP contribution in [-0.4, -0.2) is 6.04 Å². The largest absolute Gasteiger partial charge is 0.327 e. The van der Waals surface area contributed by atoms with Gasteiger partial charge in [-0.2, -0.15) is 0 Å². The number of nitrogens with two attached hydrogens (primary N) is 1. The summed E-state index contributed by atoms with van der Waals surface area (Å²) < 4.78 is 0. The first-order chi connectivity index (χ1) is 4.36. The lowest BCUT2D eigenvalue weighted by Crippen LogP contribution is -2.22. The SMILES string of the molecule is N[C@H](CC1CC1)C1CC1. The maximum atomic E-state index is 5.92. The van der Waals surface area contributed by atoms with Gasteiger partial charge in [0.1, 0.15) is 0 Å². The van der Waals surface area contributed by atoms with Gasteiger partial charge in [0, 0.05) is 6.04 Å². The van der Waals surface area contributed by atoms with Crippen molar-refractivity contribution in [2.45, 2.75) is 38.1 Å². The fourth-order valence-corrected chi connectivity index (χ4v) is 1.46. The summed E-state index contributed by atoms with van der Waals surface area (Å²) in [6.07, 6.45) is 7.06. The Bertz CT molecular complexity index is 103. The first-order valence-electron chi connectivity index (χ1n) is 4.12. The summed E-state index contributed by atoms with van der Waals surface area (Å²) in [5.41, 5.74) is 5.92. The Hall–Kier alpha value is -0.0400. The van der Waals surface area contributed by atoms with E-state index in [4.69, 9.17) is 5.73 Å². The van der Waals surface area contributed by atoms with Gasteiger partial charge in [-0.15, -0.1) is 0 Å². The van der Waals surface area contributed by atoms with Gasteiger partial charge in [0.2, 0.25) is 0 Å². The predicted molar refractivity (Wildman–Crippen MR) is 38.0 cm³/mol.